The first kappa shape index (κ1) is 17.4. The van der Waals surface area contributed by atoms with Gasteiger partial charge in [-0.05, 0) is 12.8 Å². The fourth-order valence-electron chi connectivity index (χ4n) is 2.41. The van der Waals surface area contributed by atoms with Gasteiger partial charge < -0.3 is 10.1 Å². The molecule has 1 fully saturated rings. The van der Waals surface area contributed by atoms with Crippen molar-refractivity contribution >= 4 is 15.9 Å². The zero-order valence-electron chi connectivity index (χ0n) is 12.4. The van der Waals surface area contributed by atoms with E-state index in [0.29, 0.717) is 0 Å². The lowest BCUT2D eigenvalue weighted by Gasteiger charge is -2.21. The van der Waals surface area contributed by atoms with Crippen LogP contribution in [-0.2, 0) is 19.6 Å². The van der Waals surface area contributed by atoms with Gasteiger partial charge >= 0.3 is 0 Å². The topological polar surface area (TPSA) is 75.7 Å². The van der Waals surface area contributed by atoms with Gasteiger partial charge in [-0.3, -0.25) is 4.79 Å². The van der Waals surface area contributed by atoms with Crippen molar-refractivity contribution in [1.29, 1.82) is 0 Å². The highest BCUT2D eigenvalue weighted by Gasteiger charge is 2.21. The molecule has 1 rings (SSSR count). The molecule has 0 spiro atoms. The number of carbonyl (C=O) groups is 1. The first-order chi connectivity index (χ1) is 9.43. The molecule has 0 radical (unpaired) electrons. The fourth-order valence-corrected chi connectivity index (χ4v) is 3.17. The molecule has 118 valence electrons. The molecule has 0 aliphatic heterocycles. The summed E-state index contributed by atoms with van der Waals surface area (Å²) in [4.78, 5) is 12.0. The van der Waals surface area contributed by atoms with Crippen LogP contribution in [0.15, 0.2) is 0 Å². The van der Waals surface area contributed by atoms with Crippen LogP contribution in [0.1, 0.15) is 38.5 Å². The number of rotatable bonds is 7. The Bertz CT molecular complexity index is 389. The van der Waals surface area contributed by atoms with Crippen molar-refractivity contribution in [3.8, 4) is 0 Å². The Balaban J connectivity index is 2.48. The largest absolute Gasteiger partial charge is 0.383 e. The SMILES string of the molecule is COCCN(CC(=O)NC1CCCCCC1)S(C)(=O)=O. The lowest BCUT2D eigenvalue weighted by atomic mass is 10.1. The predicted octanol–water partition coefficient (Wildman–Crippen LogP) is 0.733. The molecule has 0 atom stereocenters. The molecule has 1 aliphatic rings. The maximum Gasteiger partial charge on any atom is 0.235 e. The van der Waals surface area contributed by atoms with E-state index < -0.39 is 10.0 Å². The molecule has 1 amide bonds. The van der Waals surface area contributed by atoms with Gasteiger partial charge in [0.15, 0.2) is 0 Å². The van der Waals surface area contributed by atoms with E-state index in [9.17, 15) is 13.2 Å². The fraction of sp³-hybridized carbons (Fsp3) is 0.923. The molecule has 1 saturated carbocycles. The van der Waals surface area contributed by atoms with Gasteiger partial charge in [0.2, 0.25) is 15.9 Å². The maximum absolute atomic E-state index is 12.0. The molecule has 0 aromatic rings. The molecule has 0 aromatic carbocycles. The van der Waals surface area contributed by atoms with Crippen LogP contribution in [0.3, 0.4) is 0 Å². The molecule has 0 heterocycles. The number of carbonyl (C=O) groups excluding carboxylic acids is 1. The van der Waals surface area contributed by atoms with Crippen LogP contribution in [0.25, 0.3) is 0 Å². The molecular formula is C13H26N2O4S. The summed E-state index contributed by atoms with van der Waals surface area (Å²) in [5.41, 5.74) is 0. The van der Waals surface area contributed by atoms with E-state index in [1.54, 1.807) is 0 Å². The smallest absolute Gasteiger partial charge is 0.235 e. The van der Waals surface area contributed by atoms with E-state index in [2.05, 4.69) is 5.32 Å². The number of ether oxygens (including phenoxy) is 1. The second-order valence-corrected chi connectivity index (χ2v) is 7.33. The Kier molecular flexibility index (Phi) is 7.47. The minimum absolute atomic E-state index is 0.126. The highest BCUT2D eigenvalue weighted by molar-refractivity contribution is 7.88. The van der Waals surface area contributed by atoms with Gasteiger partial charge in [0.25, 0.3) is 0 Å². The van der Waals surface area contributed by atoms with Gasteiger partial charge in [-0.1, -0.05) is 25.7 Å². The van der Waals surface area contributed by atoms with Crippen molar-refractivity contribution in [2.24, 2.45) is 0 Å². The average molecular weight is 306 g/mol. The number of amides is 1. The van der Waals surface area contributed by atoms with Crippen molar-refractivity contribution in [3.05, 3.63) is 0 Å². The molecule has 1 N–H and O–H groups in total. The van der Waals surface area contributed by atoms with Crippen LogP contribution in [0.5, 0.6) is 0 Å². The summed E-state index contributed by atoms with van der Waals surface area (Å²) in [6.45, 7) is 0.357. The third kappa shape index (κ3) is 6.67. The molecular weight excluding hydrogens is 280 g/mol. The Morgan fingerprint density at radius 2 is 1.85 bits per heavy atom. The summed E-state index contributed by atoms with van der Waals surface area (Å²) in [6, 6.07) is 0.189. The number of methoxy groups -OCH3 is 1. The first-order valence-electron chi connectivity index (χ1n) is 7.17. The van der Waals surface area contributed by atoms with E-state index in [1.165, 1.54) is 20.0 Å². The number of nitrogens with one attached hydrogen (secondary N) is 1. The monoisotopic (exact) mass is 306 g/mol. The minimum Gasteiger partial charge on any atom is -0.383 e. The molecule has 6 nitrogen and oxygen atoms in total. The maximum atomic E-state index is 12.0. The van der Waals surface area contributed by atoms with Crippen LogP contribution in [0.2, 0.25) is 0 Å². The highest BCUT2D eigenvalue weighted by atomic mass is 32.2. The molecule has 7 heteroatoms. The van der Waals surface area contributed by atoms with E-state index in [-0.39, 0.29) is 31.6 Å². The number of sulfonamides is 1. The second-order valence-electron chi connectivity index (χ2n) is 5.35. The van der Waals surface area contributed by atoms with Crippen molar-refractivity contribution < 1.29 is 17.9 Å². The van der Waals surface area contributed by atoms with Crippen LogP contribution < -0.4 is 5.32 Å². The normalized spacial score (nSPS) is 17.9. The highest BCUT2D eigenvalue weighted by Crippen LogP contribution is 2.17. The summed E-state index contributed by atoms with van der Waals surface area (Å²) in [6.07, 6.45) is 7.78. The van der Waals surface area contributed by atoms with Gasteiger partial charge in [-0.15, -0.1) is 0 Å². The van der Waals surface area contributed by atoms with E-state index in [4.69, 9.17) is 4.74 Å². The van der Waals surface area contributed by atoms with E-state index in [0.717, 1.165) is 36.2 Å². The molecule has 0 bridgehead atoms. The standard InChI is InChI=1S/C13H26N2O4S/c1-19-10-9-15(20(2,17)18)11-13(16)14-12-7-5-3-4-6-8-12/h12H,3-11H2,1-2H3,(H,14,16). The minimum atomic E-state index is -3.39. The Morgan fingerprint density at radius 1 is 1.25 bits per heavy atom. The Labute approximate surface area is 121 Å². The van der Waals surface area contributed by atoms with Crippen LogP contribution in [0, 0.1) is 0 Å². The molecule has 0 aromatic heterocycles. The number of hydrogen-bond acceptors (Lipinski definition) is 4. The lowest BCUT2D eigenvalue weighted by Crippen LogP contribution is -2.44. The predicted molar refractivity (Wildman–Crippen MR) is 77.9 cm³/mol. The third-order valence-corrected chi connectivity index (χ3v) is 4.80. The number of hydrogen-bond donors (Lipinski definition) is 1. The molecule has 1 aliphatic carbocycles. The molecule has 20 heavy (non-hydrogen) atoms. The summed E-state index contributed by atoms with van der Waals surface area (Å²) in [7, 11) is -1.88. The molecule has 0 saturated heterocycles. The second kappa shape index (κ2) is 8.59. The Morgan fingerprint density at radius 3 is 2.35 bits per heavy atom. The molecule has 0 unspecified atom stereocenters. The van der Waals surface area contributed by atoms with Gasteiger partial charge in [-0.25, -0.2) is 8.42 Å². The van der Waals surface area contributed by atoms with Gasteiger partial charge in [0, 0.05) is 19.7 Å². The van der Waals surface area contributed by atoms with Crippen molar-refractivity contribution in [3.63, 3.8) is 0 Å². The zero-order valence-corrected chi connectivity index (χ0v) is 13.2. The third-order valence-electron chi connectivity index (χ3n) is 3.55. The Hall–Kier alpha value is -0.660. The van der Waals surface area contributed by atoms with Crippen LogP contribution in [0.4, 0.5) is 0 Å². The lowest BCUT2D eigenvalue weighted by molar-refractivity contribution is -0.122. The quantitative estimate of drug-likeness (QED) is 0.704. The van der Waals surface area contributed by atoms with Crippen molar-refractivity contribution in [2.75, 3.05) is 33.1 Å². The number of nitrogens with zero attached hydrogens (tertiary/aromatic N) is 1. The van der Waals surface area contributed by atoms with Crippen molar-refractivity contribution in [1.82, 2.24) is 9.62 Å². The van der Waals surface area contributed by atoms with Gasteiger partial charge in [0.05, 0.1) is 19.4 Å². The van der Waals surface area contributed by atoms with E-state index >= 15 is 0 Å². The van der Waals surface area contributed by atoms with Gasteiger partial charge in [0.1, 0.15) is 0 Å². The zero-order chi connectivity index (χ0) is 15.0. The summed E-state index contributed by atoms with van der Waals surface area (Å²) in [5.74, 6) is -0.224. The summed E-state index contributed by atoms with van der Waals surface area (Å²) >= 11 is 0. The van der Waals surface area contributed by atoms with Crippen LogP contribution in [-0.4, -0.2) is 57.7 Å². The van der Waals surface area contributed by atoms with Crippen LogP contribution >= 0.6 is 0 Å². The van der Waals surface area contributed by atoms with Gasteiger partial charge in [-0.2, -0.15) is 4.31 Å². The first-order valence-corrected chi connectivity index (χ1v) is 9.01. The van der Waals surface area contributed by atoms with Crippen molar-refractivity contribution in [2.45, 2.75) is 44.6 Å². The van der Waals surface area contributed by atoms with E-state index in [1.807, 2.05) is 0 Å². The summed E-state index contributed by atoms with van der Waals surface area (Å²) in [5, 5.41) is 2.95. The summed E-state index contributed by atoms with van der Waals surface area (Å²) < 4.78 is 29.3. The average Bonchev–Trinajstić information content (AvgIpc) is 2.61.